The summed E-state index contributed by atoms with van der Waals surface area (Å²) in [5, 5.41) is 0. The summed E-state index contributed by atoms with van der Waals surface area (Å²) in [4.78, 5) is 1.25. The Labute approximate surface area is 91.0 Å². The Morgan fingerprint density at radius 1 is 1.20 bits per heavy atom. The van der Waals surface area contributed by atoms with E-state index in [0.717, 1.165) is 0 Å². The smallest absolute Gasteiger partial charge is 0.143 e. The Balaban J connectivity index is 2.61. The molecule has 1 aromatic carbocycles. The van der Waals surface area contributed by atoms with Gasteiger partial charge in [-0.2, -0.15) is 0 Å². The van der Waals surface area contributed by atoms with Crippen LogP contribution in [0.4, 0.5) is 0 Å². The quantitative estimate of drug-likeness (QED) is 0.763. The molecule has 1 atom stereocenters. The monoisotopic (exact) mass is 218 g/mol. The molecule has 2 rings (SSSR count). The summed E-state index contributed by atoms with van der Waals surface area (Å²) in [6.07, 6.45) is 3.09. The number of benzene rings is 1. The molecule has 0 aliphatic carbocycles. The lowest BCUT2D eigenvalue weighted by molar-refractivity contribution is 0.427. The lowest BCUT2D eigenvalue weighted by Gasteiger charge is -2.18. The van der Waals surface area contributed by atoms with Crippen LogP contribution in [0.25, 0.3) is 0 Å². The van der Waals surface area contributed by atoms with E-state index < -0.39 is 10.8 Å². The Morgan fingerprint density at radius 3 is 2.60 bits per heavy atom. The topological polar surface area (TPSA) is 26.3 Å². The third kappa shape index (κ3) is 1.55. The van der Waals surface area contributed by atoms with Crippen LogP contribution in [0.3, 0.4) is 0 Å². The fourth-order valence-corrected chi connectivity index (χ4v) is 2.58. The summed E-state index contributed by atoms with van der Waals surface area (Å²) >= 11 is 0. The molecule has 1 heterocycles. The van der Waals surface area contributed by atoms with Crippen LogP contribution in [0.1, 0.15) is 0 Å². The fourth-order valence-electron chi connectivity index (χ4n) is 1.38. The molecule has 0 amide bonds. The molecule has 3 heteroatoms. The van der Waals surface area contributed by atoms with Crippen molar-refractivity contribution in [3.05, 3.63) is 60.2 Å². The molecule has 0 saturated heterocycles. The maximum Gasteiger partial charge on any atom is 0.143 e. The Kier molecular flexibility index (Phi) is 2.56. The van der Waals surface area contributed by atoms with Crippen LogP contribution in [0.15, 0.2) is 65.1 Å². The molecule has 0 fully saturated rings. The molecule has 0 aromatic heterocycles. The minimum Gasteiger partial charge on any atom is -0.455 e. The van der Waals surface area contributed by atoms with Crippen molar-refractivity contribution in [1.82, 2.24) is 0 Å². The average Bonchev–Trinajstić information content (AvgIpc) is 2.29. The summed E-state index contributed by atoms with van der Waals surface area (Å²) < 4.78 is 17.6. The van der Waals surface area contributed by atoms with Crippen LogP contribution in [-0.4, -0.2) is 4.21 Å². The van der Waals surface area contributed by atoms with Crippen LogP contribution >= 0.6 is 0 Å². The molecule has 1 aliphatic heterocycles. The minimum atomic E-state index is -1.22. The van der Waals surface area contributed by atoms with Gasteiger partial charge in [-0.15, -0.1) is 0 Å². The number of fused-ring (bicyclic) bond motifs is 1. The summed E-state index contributed by atoms with van der Waals surface area (Å²) in [6, 6.07) is 7.25. The standard InChI is InChI=1S/C12H10O2S/c1-3-9-11(4-2)15(13)12-8-6-5-7-10(12)14-9/h3-8H,1-2H2. The highest BCUT2D eigenvalue weighted by atomic mass is 32.2. The molecular weight excluding hydrogens is 208 g/mol. The first kappa shape index (κ1) is 9.93. The molecule has 1 aliphatic rings. The van der Waals surface area contributed by atoms with Gasteiger partial charge < -0.3 is 4.74 Å². The Morgan fingerprint density at radius 2 is 1.93 bits per heavy atom. The molecule has 15 heavy (non-hydrogen) atoms. The molecule has 0 saturated carbocycles. The number of hydrogen-bond donors (Lipinski definition) is 0. The van der Waals surface area contributed by atoms with E-state index in [9.17, 15) is 4.21 Å². The molecule has 1 aromatic rings. The molecule has 2 nitrogen and oxygen atoms in total. The first-order chi connectivity index (χ1) is 7.27. The van der Waals surface area contributed by atoms with Gasteiger partial charge >= 0.3 is 0 Å². The van der Waals surface area contributed by atoms with E-state index in [2.05, 4.69) is 13.2 Å². The zero-order valence-electron chi connectivity index (χ0n) is 8.10. The van der Waals surface area contributed by atoms with E-state index in [1.807, 2.05) is 12.1 Å². The Bertz CT molecular complexity index is 486. The summed E-state index contributed by atoms with van der Waals surface area (Å²) in [5.41, 5.74) is 0. The summed E-state index contributed by atoms with van der Waals surface area (Å²) in [7, 11) is -1.22. The molecule has 1 unspecified atom stereocenters. The zero-order chi connectivity index (χ0) is 10.8. The van der Waals surface area contributed by atoms with Crippen LogP contribution < -0.4 is 4.74 Å². The maximum atomic E-state index is 12.1. The molecular formula is C12H10O2S. The van der Waals surface area contributed by atoms with Gasteiger partial charge in [-0.25, -0.2) is 4.21 Å². The van der Waals surface area contributed by atoms with Crippen LogP contribution in [0, 0.1) is 0 Å². The van der Waals surface area contributed by atoms with Gasteiger partial charge in [-0.3, -0.25) is 0 Å². The van der Waals surface area contributed by atoms with E-state index in [1.165, 1.54) is 0 Å². The van der Waals surface area contributed by atoms with Crippen LogP contribution in [-0.2, 0) is 10.8 Å². The van der Waals surface area contributed by atoms with Crippen molar-refractivity contribution in [2.45, 2.75) is 4.90 Å². The highest BCUT2D eigenvalue weighted by molar-refractivity contribution is 7.89. The molecule has 76 valence electrons. The van der Waals surface area contributed by atoms with Crippen LogP contribution in [0.5, 0.6) is 5.75 Å². The fraction of sp³-hybridized carbons (Fsp3) is 0. The van der Waals surface area contributed by atoms with Gasteiger partial charge in [0, 0.05) is 0 Å². The van der Waals surface area contributed by atoms with E-state index in [0.29, 0.717) is 21.3 Å². The number of allylic oxidation sites excluding steroid dienone is 2. The van der Waals surface area contributed by atoms with Gasteiger partial charge in [0.1, 0.15) is 11.5 Å². The molecule has 0 bridgehead atoms. The van der Waals surface area contributed by atoms with Crippen molar-refractivity contribution < 1.29 is 8.95 Å². The van der Waals surface area contributed by atoms with Crippen molar-refractivity contribution >= 4 is 10.8 Å². The maximum absolute atomic E-state index is 12.1. The predicted molar refractivity (Wildman–Crippen MR) is 60.9 cm³/mol. The first-order valence-electron chi connectivity index (χ1n) is 4.45. The second-order valence-electron chi connectivity index (χ2n) is 2.95. The van der Waals surface area contributed by atoms with Gasteiger partial charge in [-0.05, 0) is 24.3 Å². The first-order valence-corrected chi connectivity index (χ1v) is 5.60. The van der Waals surface area contributed by atoms with E-state index in [1.54, 1.807) is 24.3 Å². The van der Waals surface area contributed by atoms with E-state index >= 15 is 0 Å². The number of ether oxygens (including phenoxy) is 1. The number of hydrogen-bond acceptors (Lipinski definition) is 2. The van der Waals surface area contributed by atoms with Crippen molar-refractivity contribution in [3.8, 4) is 5.75 Å². The van der Waals surface area contributed by atoms with Gasteiger partial charge in [0.15, 0.2) is 0 Å². The zero-order valence-corrected chi connectivity index (χ0v) is 8.92. The molecule has 0 spiro atoms. The Hall–Kier alpha value is -1.61. The second-order valence-corrected chi connectivity index (χ2v) is 4.37. The van der Waals surface area contributed by atoms with Crippen LogP contribution in [0.2, 0.25) is 0 Å². The molecule has 0 radical (unpaired) electrons. The predicted octanol–water partition coefficient (Wildman–Crippen LogP) is 2.77. The summed E-state index contributed by atoms with van der Waals surface area (Å²) in [6.45, 7) is 7.25. The second kappa shape index (κ2) is 3.87. The van der Waals surface area contributed by atoms with Crippen molar-refractivity contribution in [1.29, 1.82) is 0 Å². The minimum absolute atomic E-state index is 0.516. The van der Waals surface area contributed by atoms with Crippen molar-refractivity contribution in [2.75, 3.05) is 0 Å². The average molecular weight is 218 g/mol. The van der Waals surface area contributed by atoms with Crippen molar-refractivity contribution in [3.63, 3.8) is 0 Å². The number of para-hydroxylation sites is 1. The van der Waals surface area contributed by atoms with Crippen molar-refractivity contribution in [2.24, 2.45) is 0 Å². The van der Waals surface area contributed by atoms with Gasteiger partial charge in [0.2, 0.25) is 0 Å². The summed E-state index contributed by atoms with van der Waals surface area (Å²) in [5.74, 6) is 1.14. The van der Waals surface area contributed by atoms with Gasteiger partial charge in [0.05, 0.1) is 20.6 Å². The van der Waals surface area contributed by atoms with Gasteiger partial charge in [0.25, 0.3) is 0 Å². The molecule has 0 N–H and O–H groups in total. The third-order valence-corrected chi connectivity index (χ3v) is 3.59. The highest BCUT2D eigenvalue weighted by Crippen LogP contribution is 2.33. The van der Waals surface area contributed by atoms with E-state index in [4.69, 9.17) is 4.74 Å². The van der Waals surface area contributed by atoms with Gasteiger partial charge in [-0.1, -0.05) is 25.3 Å². The SMILES string of the molecule is C=CC1=C(C=C)S(=O)c2ccccc2O1. The lowest BCUT2D eigenvalue weighted by atomic mass is 10.3. The third-order valence-electron chi connectivity index (χ3n) is 2.08. The van der Waals surface area contributed by atoms with E-state index in [-0.39, 0.29) is 0 Å². The lowest BCUT2D eigenvalue weighted by Crippen LogP contribution is -2.09. The normalized spacial score (nSPS) is 19.1. The highest BCUT2D eigenvalue weighted by Gasteiger charge is 2.22. The number of rotatable bonds is 2. The largest absolute Gasteiger partial charge is 0.455 e.